The highest BCUT2D eigenvalue weighted by molar-refractivity contribution is 5.60. The van der Waals surface area contributed by atoms with Crippen molar-refractivity contribution in [3.8, 4) is 0 Å². The number of hydrogen-bond donors (Lipinski definition) is 0. The molecule has 82 valence electrons. The molecule has 1 aliphatic rings. The van der Waals surface area contributed by atoms with Gasteiger partial charge in [-0.1, -0.05) is 0 Å². The van der Waals surface area contributed by atoms with Crippen molar-refractivity contribution in [2.75, 3.05) is 13.2 Å². The second-order valence-corrected chi connectivity index (χ2v) is 3.22. The average molecular weight is 212 g/mol. The molecule has 1 aromatic heterocycles. The third-order valence-electron chi connectivity index (χ3n) is 2.05. The zero-order valence-electron chi connectivity index (χ0n) is 8.18. The van der Waals surface area contributed by atoms with Gasteiger partial charge in [-0.3, -0.25) is 0 Å². The fourth-order valence-electron chi connectivity index (χ4n) is 1.31. The number of hydrogen-bond acceptors (Lipinski definition) is 5. The maximum absolute atomic E-state index is 10.7. The lowest BCUT2D eigenvalue weighted by Gasteiger charge is -2.21. The highest BCUT2D eigenvalue weighted by Gasteiger charge is 2.21. The minimum Gasteiger partial charge on any atom is -0.467 e. The van der Waals surface area contributed by atoms with Crippen LogP contribution in [0.4, 0.5) is 4.79 Å². The largest absolute Gasteiger partial charge is 0.508 e. The Morgan fingerprint density at radius 3 is 3.20 bits per heavy atom. The maximum atomic E-state index is 10.7. The molecule has 0 aliphatic carbocycles. The normalized spacial score (nSPS) is 20.8. The molecule has 0 aromatic carbocycles. The summed E-state index contributed by atoms with van der Waals surface area (Å²) in [6.07, 6.45) is 1.44. The molecule has 5 heteroatoms. The Labute approximate surface area is 86.9 Å². The summed E-state index contributed by atoms with van der Waals surface area (Å²) in [5.41, 5.74) is 0. The van der Waals surface area contributed by atoms with Crippen LogP contribution in [-0.4, -0.2) is 25.5 Å². The molecule has 2 heterocycles. The van der Waals surface area contributed by atoms with Gasteiger partial charge in [0, 0.05) is 6.42 Å². The molecule has 0 bridgehead atoms. The Bertz CT molecular complexity index is 306. The maximum Gasteiger partial charge on any atom is 0.508 e. The summed E-state index contributed by atoms with van der Waals surface area (Å²) in [6, 6.07) is 3.63. The summed E-state index contributed by atoms with van der Waals surface area (Å²) < 4.78 is 19.9. The lowest BCUT2D eigenvalue weighted by Crippen LogP contribution is -2.30. The first-order valence-electron chi connectivity index (χ1n) is 4.78. The molecule has 0 spiro atoms. The Morgan fingerprint density at radius 1 is 1.53 bits per heavy atom. The molecule has 0 N–H and O–H groups in total. The Kier molecular flexibility index (Phi) is 3.24. The van der Waals surface area contributed by atoms with Crippen molar-refractivity contribution in [2.45, 2.75) is 19.1 Å². The van der Waals surface area contributed by atoms with E-state index in [1.54, 1.807) is 12.3 Å². The lowest BCUT2D eigenvalue weighted by atomic mass is 10.3. The standard InChI is InChI=1S/C10H12O5/c11-10-14-5-3-9(15-10)7-12-6-8-2-1-4-13-8/h1-2,4,9H,3,5-7H2. The van der Waals surface area contributed by atoms with E-state index in [-0.39, 0.29) is 6.10 Å². The van der Waals surface area contributed by atoms with Gasteiger partial charge in [0.25, 0.3) is 0 Å². The van der Waals surface area contributed by atoms with Crippen LogP contribution >= 0.6 is 0 Å². The van der Waals surface area contributed by atoms with Crippen molar-refractivity contribution in [3.05, 3.63) is 24.2 Å². The molecule has 0 radical (unpaired) electrons. The van der Waals surface area contributed by atoms with Gasteiger partial charge in [-0.15, -0.1) is 0 Å². The zero-order valence-corrected chi connectivity index (χ0v) is 8.18. The summed E-state index contributed by atoms with van der Waals surface area (Å²) >= 11 is 0. The smallest absolute Gasteiger partial charge is 0.467 e. The van der Waals surface area contributed by atoms with Gasteiger partial charge in [0.05, 0.1) is 19.5 Å². The van der Waals surface area contributed by atoms with Crippen LogP contribution in [0.1, 0.15) is 12.2 Å². The van der Waals surface area contributed by atoms with E-state index in [2.05, 4.69) is 4.74 Å². The Balaban J connectivity index is 1.67. The molecule has 2 rings (SSSR count). The first kappa shape index (κ1) is 10.0. The Hall–Kier alpha value is -1.49. The molecular formula is C10H12O5. The van der Waals surface area contributed by atoms with E-state index in [0.717, 1.165) is 5.76 Å². The molecule has 0 amide bonds. The highest BCUT2D eigenvalue weighted by atomic mass is 16.7. The van der Waals surface area contributed by atoms with Gasteiger partial charge in [0.2, 0.25) is 0 Å². The fraction of sp³-hybridized carbons (Fsp3) is 0.500. The number of rotatable bonds is 4. The predicted octanol–water partition coefficient (Wildman–Crippen LogP) is 1.72. The number of ether oxygens (including phenoxy) is 3. The van der Waals surface area contributed by atoms with Gasteiger partial charge >= 0.3 is 6.16 Å². The van der Waals surface area contributed by atoms with E-state index in [0.29, 0.717) is 26.2 Å². The topological polar surface area (TPSA) is 57.9 Å². The van der Waals surface area contributed by atoms with Crippen LogP contribution in [0.25, 0.3) is 0 Å². The molecule has 1 saturated heterocycles. The van der Waals surface area contributed by atoms with Crippen molar-refractivity contribution < 1.29 is 23.4 Å². The van der Waals surface area contributed by atoms with Gasteiger partial charge in [-0.25, -0.2) is 4.79 Å². The molecule has 1 fully saturated rings. The molecule has 1 aliphatic heterocycles. The number of carbonyl (C=O) groups excluding carboxylic acids is 1. The van der Waals surface area contributed by atoms with Crippen molar-refractivity contribution in [3.63, 3.8) is 0 Å². The average Bonchev–Trinajstić information content (AvgIpc) is 2.71. The molecule has 0 saturated carbocycles. The molecule has 5 nitrogen and oxygen atoms in total. The van der Waals surface area contributed by atoms with E-state index >= 15 is 0 Å². The monoisotopic (exact) mass is 212 g/mol. The van der Waals surface area contributed by atoms with Crippen molar-refractivity contribution in [2.24, 2.45) is 0 Å². The summed E-state index contributed by atoms with van der Waals surface area (Å²) in [6.45, 7) is 1.16. The number of furan rings is 1. The van der Waals surface area contributed by atoms with Crippen molar-refractivity contribution in [1.82, 2.24) is 0 Å². The van der Waals surface area contributed by atoms with E-state index in [1.165, 1.54) is 0 Å². The van der Waals surface area contributed by atoms with Crippen LogP contribution < -0.4 is 0 Å². The minimum absolute atomic E-state index is 0.207. The number of carbonyl (C=O) groups is 1. The molecule has 15 heavy (non-hydrogen) atoms. The predicted molar refractivity (Wildman–Crippen MR) is 49.2 cm³/mol. The summed E-state index contributed by atoms with van der Waals surface area (Å²) in [5.74, 6) is 0.758. The summed E-state index contributed by atoms with van der Waals surface area (Å²) in [4.78, 5) is 10.7. The highest BCUT2D eigenvalue weighted by Crippen LogP contribution is 2.10. The fourth-order valence-corrected chi connectivity index (χ4v) is 1.31. The van der Waals surface area contributed by atoms with Gasteiger partial charge in [-0.2, -0.15) is 0 Å². The van der Waals surface area contributed by atoms with Gasteiger partial charge in [0.15, 0.2) is 0 Å². The van der Waals surface area contributed by atoms with E-state index < -0.39 is 6.16 Å². The summed E-state index contributed by atoms with van der Waals surface area (Å²) in [5, 5.41) is 0. The van der Waals surface area contributed by atoms with Crippen LogP contribution in [0.15, 0.2) is 22.8 Å². The molecular weight excluding hydrogens is 200 g/mol. The second kappa shape index (κ2) is 4.84. The third-order valence-corrected chi connectivity index (χ3v) is 2.05. The third kappa shape index (κ3) is 2.99. The van der Waals surface area contributed by atoms with E-state index in [9.17, 15) is 4.79 Å². The van der Waals surface area contributed by atoms with Crippen LogP contribution in [0.5, 0.6) is 0 Å². The molecule has 1 atom stereocenters. The van der Waals surface area contributed by atoms with E-state index in [4.69, 9.17) is 13.9 Å². The molecule has 1 unspecified atom stereocenters. The van der Waals surface area contributed by atoms with Gasteiger partial charge < -0.3 is 18.6 Å². The Morgan fingerprint density at radius 2 is 2.47 bits per heavy atom. The first-order valence-corrected chi connectivity index (χ1v) is 4.78. The van der Waals surface area contributed by atoms with Crippen LogP contribution in [0.2, 0.25) is 0 Å². The van der Waals surface area contributed by atoms with E-state index in [1.807, 2.05) is 6.07 Å². The minimum atomic E-state index is -0.618. The summed E-state index contributed by atoms with van der Waals surface area (Å²) in [7, 11) is 0. The van der Waals surface area contributed by atoms with Crippen molar-refractivity contribution >= 4 is 6.16 Å². The van der Waals surface area contributed by atoms with Crippen LogP contribution in [-0.2, 0) is 20.8 Å². The number of cyclic esters (lactones) is 2. The van der Waals surface area contributed by atoms with Gasteiger partial charge in [-0.05, 0) is 12.1 Å². The van der Waals surface area contributed by atoms with Crippen LogP contribution in [0.3, 0.4) is 0 Å². The van der Waals surface area contributed by atoms with Crippen LogP contribution in [0, 0.1) is 0 Å². The second-order valence-electron chi connectivity index (χ2n) is 3.22. The van der Waals surface area contributed by atoms with Gasteiger partial charge in [0.1, 0.15) is 18.5 Å². The quantitative estimate of drug-likeness (QED) is 0.711. The van der Waals surface area contributed by atoms with Crippen molar-refractivity contribution in [1.29, 1.82) is 0 Å². The zero-order chi connectivity index (χ0) is 10.5. The first-order chi connectivity index (χ1) is 7.34. The molecule has 1 aromatic rings. The lowest BCUT2D eigenvalue weighted by molar-refractivity contribution is -0.0596. The SMILES string of the molecule is O=C1OCCC(COCc2ccco2)O1.